The zero-order valence-corrected chi connectivity index (χ0v) is 32.5. The van der Waals surface area contributed by atoms with E-state index in [1.54, 1.807) is 46.4 Å². The van der Waals surface area contributed by atoms with Gasteiger partial charge in [-0.3, -0.25) is 9.59 Å². The van der Waals surface area contributed by atoms with Crippen molar-refractivity contribution in [2.75, 3.05) is 6.54 Å². The predicted molar refractivity (Wildman–Crippen MR) is 200 cm³/mol. The topological polar surface area (TPSA) is 114 Å². The van der Waals surface area contributed by atoms with Gasteiger partial charge in [-0.25, -0.2) is 9.59 Å². The van der Waals surface area contributed by atoms with E-state index in [4.69, 9.17) is 9.47 Å². The van der Waals surface area contributed by atoms with E-state index >= 15 is 0 Å². The van der Waals surface area contributed by atoms with E-state index in [0.717, 1.165) is 42.4 Å². The summed E-state index contributed by atoms with van der Waals surface area (Å²) in [6.07, 6.45) is 4.55. The molecule has 9 heteroatoms. The predicted octanol–water partition coefficient (Wildman–Crippen LogP) is 8.15. The van der Waals surface area contributed by atoms with Gasteiger partial charge in [-0.1, -0.05) is 101 Å². The summed E-state index contributed by atoms with van der Waals surface area (Å²) in [5, 5.41) is 5.84. The molecule has 3 atom stereocenters. The summed E-state index contributed by atoms with van der Waals surface area (Å²) in [4.78, 5) is 57.9. The van der Waals surface area contributed by atoms with Gasteiger partial charge in [-0.05, 0) is 90.8 Å². The Balaban J connectivity index is 2.69. The maximum atomic E-state index is 14.8. The number of amides is 3. The van der Waals surface area contributed by atoms with Crippen molar-refractivity contribution < 1.29 is 28.7 Å². The van der Waals surface area contributed by atoms with Crippen LogP contribution >= 0.6 is 0 Å². The number of ether oxygens (including phenoxy) is 2. The van der Waals surface area contributed by atoms with Crippen molar-refractivity contribution in [2.24, 2.45) is 5.92 Å². The molecule has 0 aliphatic heterocycles. The lowest BCUT2D eigenvalue weighted by atomic mass is 9.94. The summed E-state index contributed by atoms with van der Waals surface area (Å²) in [6.45, 7) is 20.9. The van der Waals surface area contributed by atoms with E-state index in [2.05, 4.69) is 17.6 Å². The lowest BCUT2D eigenvalue weighted by Crippen LogP contribution is -2.55. The molecule has 2 N–H and O–H groups in total. The van der Waals surface area contributed by atoms with Crippen LogP contribution in [-0.4, -0.2) is 58.6 Å². The largest absolute Gasteiger partial charge is 0.458 e. The van der Waals surface area contributed by atoms with Gasteiger partial charge in [0.25, 0.3) is 0 Å². The van der Waals surface area contributed by atoms with Crippen LogP contribution in [0.25, 0.3) is 0 Å². The second-order valence-electron chi connectivity index (χ2n) is 15.8. The summed E-state index contributed by atoms with van der Waals surface area (Å²) >= 11 is 0. The fourth-order valence-corrected chi connectivity index (χ4v) is 5.77. The molecule has 0 bridgehead atoms. The first kappa shape index (κ1) is 42.3. The highest BCUT2D eigenvalue weighted by Crippen LogP contribution is 2.29. The van der Waals surface area contributed by atoms with Gasteiger partial charge in [-0.15, -0.1) is 0 Å². The number of esters is 1. The van der Waals surface area contributed by atoms with Gasteiger partial charge in [0.1, 0.15) is 29.3 Å². The van der Waals surface area contributed by atoms with Crippen LogP contribution in [0, 0.1) is 19.8 Å². The van der Waals surface area contributed by atoms with Crippen LogP contribution in [0.1, 0.15) is 129 Å². The second kappa shape index (κ2) is 19.5. The number of unbranched alkanes of at least 4 members (excludes halogenated alkanes) is 4. The molecule has 0 aromatic heterocycles. The van der Waals surface area contributed by atoms with Gasteiger partial charge in [0.2, 0.25) is 11.8 Å². The van der Waals surface area contributed by atoms with Crippen molar-refractivity contribution in [1.82, 2.24) is 15.5 Å². The van der Waals surface area contributed by atoms with E-state index in [1.807, 2.05) is 76.2 Å². The second-order valence-corrected chi connectivity index (χ2v) is 15.8. The molecule has 0 aliphatic carbocycles. The van der Waals surface area contributed by atoms with Crippen LogP contribution in [-0.2, 0) is 30.3 Å². The Morgan fingerprint density at radius 2 is 1.40 bits per heavy atom. The maximum absolute atomic E-state index is 14.8. The minimum Gasteiger partial charge on any atom is -0.458 e. The molecule has 50 heavy (non-hydrogen) atoms. The third-order valence-electron chi connectivity index (χ3n) is 8.06. The van der Waals surface area contributed by atoms with Crippen LogP contribution in [0.2, 0.25) is 0 Å². The third kappa shape index (κ3) is 14.9. The van der Waals surface area contributed by atoms with Gasteiger partial charge in [-0.2, -0.15) is 0 Å². The van der Waals surface area contributed by atoms with E-state index < -0.39 is 47.3 Å². The van der Waals surface area contributed by atoms with Crippen molar-refractivity contribution in [1.29, 1.82) is 0 Å². The van der Waals surface area contributed by atoms with E-state index in [0.29, 0.717) is 18.4 Å². The number of aryl methyl sites for hydroxylation is 2. The smallest absolute Gasteiger partial charge is 0.408 e. The summed E-state index contributed by atoms with van der Waals surface area (Å²) in [5.41, 5.74) is 1.74. The van der Waals surface area contributed by atoms with Gasteiger partial charge < -0.3 is 25.0 Å². The highest BCUT2D eigenvalue weighted by molar-refractivity contribution is 5.94. The summed E-state index contributed by atoms with van der Waals surface area (Å²) in [6, 6.07) is 12.3. The molecule has 0 fully saturated rings. The Morgan fingerprint density at radius 3 is 1.98 bits per heavy atom. The Labute approximate surface area is 301 Å². The number of nitrogens with zero attached hydrogens (tertiary/aromatic N) is 1. The highest BCUT2D eigenvalue weighted by atomic mass is 16.6. The van der Waals surface area contributed by atoms with Crippen molar-refractivity contribution in [3.05, 3.63) is 70.8 Å². The Hall–Kier alpha value is -3.88. The molecule has 2 aromatic carbocycles. The Morgan fingerprint density at radius 1 is 0.780 bits per heavy atom. The zero-order valence-electron chi connectivity index (χ0n) is 32.5. The normalized spacial score (nSPS) is 13.6. The van der Waals surface area contributed by atoms with E-state index in [-0.39, 0.29) is 24.8 Å². The number of hydrogen-bond acceptors (Lipinski definition) is 6. The SMILES string of the molecule is CCCCCCCN(C(=O)C(CC(C)C)NC(=O)OC(C)(C)C)C(C(=O)NC(Cc1ccccc1)C(=O)OC(C)(C)C)c1cc(C)ccc1C. The maximum Gasteiger partial charge on any atom is 0.408 e. The van der Waals surface area contributed by atoms with E-state index in [1.165, 1.54) is 0 Å². The zero-order chi connectivity index (χ0) is 37.6. The lowest BCUT2D eigenvalue weighted by Gasteiger charge is -2.36. The molecule has 9 nitrogen and oxygen atoms in total. The summed E-state index contributed by atoms with van der Waals surface area (Å²) in [7, 11) is 0. The number of hydrogen-bond donors (Lipinski definition) is 2. The molecule has 0 spiro atoms. The van der Waals surface area contributed by atoms with Crippen molar-refractivity contribution in [3.8, 4) is 0 Å². The van der Waals surface area contributed by atoms with Crippen molar-refractivity contribution in [2.45, 2.75) is 150 Å². The molecular weight excluding hydrogens is 630 g/mol. The molecule has 0 heterocycles. The number of benzene rings is 2. The summed E-state index contributed by atoms with van der Waals surface area (Å²) < 4.78 is 11.3. The van der Waals surface area contributed by atoms with Crippen LogP contribution in [0.15, 0.2) is 48.5 Å². The molecule has 0 aliphatic rings. The molecule has 0 saturated heterocycles. The minimum absolute atomic E-state index is 0.0562. The first-order valence-electron chi connectivity index (χ1n) is 18.3. The molecular formula is C41H63N3O6. The number of nitrogens with one attached hydrogen (secondary N) is 2. The standard InChI is InChI=1S/C41H63N3O6/c1-12-13-14-15-19-24-44(37(46)33(25-28(2)3)43-39(48)50-41(9,10)11)35(32-26-29(4)22-23-30(32)5)36(45)42-34(38(47)49-40(6,7)8)27-31-20-17-16-18-21-31/h16-18,20-23,26,28,33-35H,12-15,19,24-25,27H2,1-11H3,(H,42,45)(H,43,48). The first-order chi connectivity index (χ1) is 23.3. The Kier molecular flexibility index (Phi) is 16.5. The van der Waals surface area contributed by atoms with Gasteiger partial charge >= 0.3 is 12.1 Å². The highest BCUT2D eigenvalue weighted by Gasteiger charge is 2.39. The molecule has 0 radical (unpaired) electrons. The molecule has 2 aromatic rings. The molecule has 3 amide bonds. The average Bonchev–Trinajstić information content (AvgIpc) is 2.99. The molecule has 0 saturated carbocycles. The third-order valence-corrected chi connectivity index (χ3v) is 8.06. The van der Waals surface area contributed by atoms with Crippen LogP contribution in [0.4, 0.5) is 4.79 Å². The van der Waals surface area contributed by atoms with Gasteiger partial charge in [0, 0.05) is 13.0 Å². The molecule has 278 valence electrons. The number of carbonyl (C=O) groups is 4. The van der Waals surface area contributed by atoms with Gasteiger partial charge in [0.05, 0.1) is 0 Å². The fourth-order valence-electron chi connectivity index (χ4n) is 5.77. The number of rotatable bonds is 17. The van der Waals surface area contributed by atoms with Crippen LogP contribution in [0.3, 0.4) is 0 Å². The number of carbonyl (C=O) groups excluding carboxylic acids is 4. The minimum atomic E-state index is -1.08. The van der Waals surface area contributed by atoms with Crippen molar-refractivity contribution >= 4 is 23.9 Å². The fraction of sp³-hybridized carbons (Fsp3) is 0.610. The number of alkyl carbamates (subject to hydrolysis) is 1. The van der Waals surface area contributed by atoms with Gasteiger partial charge in [0.15, 0.2) is 0 Å². The molecule has 2 rings (SSSR count). The van der Waals surface area contributed by atoms with E-state index in [9.17, 15) is 19.2 Å². The molecule has 3 unspecified atom stereocenters. The quantitative estimate of drug-likeness (QED) is 0.128. The van der Waals surface area contributed by atoms with Crippen LogP contribution < -0.4 is 10.6 Å². The summed E-state index contributed by atoms with van der Waals surface area (Å²) in [5.74, 6) is -1.37. The Bertz CT molecular complexity index is 1390. The van der Waals surface area contributed by atoms with Crippen LogP contribution in [0.5, 0.6) is 0 Å². The lowest BCUT2D eigenvalue weighted by molar-refractivity contribution is -0.159. The first-order valence-corrected chi connectivity index (χ1v) is 18.3. The van der Waals surface area contributed by atoms with Crippen molar-refractivity contribution in [3.63, 3.8) is 0 Å². The monoisotopic (exact) mass is 693 g/mol. The average molecular weight is 694 g/mol.